The van der Waals surface area contributed by atoms with E-state index < -0.39 is 0 Å². The molecule has 9 nitrogen and oxygen atoms in total. The van der Waals surface area contributed by atoms with Crippen LogP contribution in [0.15, 0.2) is 59.5 Å². The Balaban J connectivity index is 1.48. The molecule has 170 valence electrons. The summed E-state index contributed by atoms with van der Waals surface area (Å²) < 4.78 is 5.38. The Morgan fingerprint density at radius 1 is 1.33 bits per heavy atom. The second-order valence-electron chi connectivity index (χ2n) is 7.85. The highest BCUT2D eigenvalue weighted by Gasteiger charge is 2.16. The third kappa shape index (κ3) is 5.51. The van der Waals surface area contributed by atoms with Gasteiger partial charge in [-0.15, -0.1) is 0 Å². The fourth-order valence-electron chi connectivity index (χ4n) is 3.68. The Labute approximate surface area is 192 Å². The molecular formula is C24H27N7O2. The van der Waals surface area contributed by atoms with E-state index in [2.05, 4.69) is 37.1 Å². The molecule has 1 fully saturated rings. The van der Waals surface area contributed by atoms with E-state index in [9.17, 15) is 4.79 Å². The topological polar surface area (TPSA) is 122 Å². The van der Waals surface area contributed by atoms with Crippen LogP contribution in [0.4, 0.5) is 5.69 Å². The highest BCUT2D eigenvalue weighted by Crippen LogP contribution is 2.23. The minimum atomic E-state index is -0.307. The Kier molecular flexibility index (Phi) is 6.92. The monoisotopic (exact) mass is 445 g/mol. The van der Waals surface area contributed by atoms with Crippen LogP contribution in [0.5, 0.6) is 0 Å². The summed E-state index contributed by atoms with van der Waals surface area (Å²) in [6.45, 7) is 9.41. The van der Waals surface area contributed by atoms with E-state index in [1.54, 1.807) is 12.3 Å². The minimum absolute atomic E-state index is 0.307. The zero-order chi connectivity index (χ0) is 23.2. The molecule has 0 spiro atoms. The first-order valence-electron chi connectivity index (χ1n) is 10.7. The quantitative estimate of drug-likeness (QED) is 0.380. The lowest BCUT2D eigenvalue weighted by Gasteiger charge is -2.26. The molecular weight excluding hydrogens is 418 g/mol. The van der Waals surface area contributed by atoms with E-state index >= 15 is 0 Å². The number of hydrogen-bond acceptors (Lipinski definition) is 7. The third-order valence-corrected chi connectivity index (χ3v) is 5.43. The zero-order valence-corrected chi connectivity index (χ0v) is 18.5. The molecule has 0 atom stereocenters. The Bertz CT molecular complexity index is 1210. The molecule has 3 aromatic rings. The van der Waals surface area contributed by atoms with Crippen LogP contribution in [0, 0.1) is 0 Å². The van der Waals surface area contributed by atoms with Crippen LogP contribution in [0.3, 0.4) is 0 Å². The van der Waals surface area contributed by atoms with Gasteiger partial charge in [0.25, 0.3) is 5.91 Å². The predicted molar refractivity (Wildman–Crippen MR) is 130 cm³/mol. The Morgan fingerprint density at radius 3 is 2.88 bits per heavy atom. The predicted octanol–water partition coefficient (Wildman–Crippen LogP) is 2.95. The lowest BCUT2D eigenvalue weighted by Crippen LogP contribution is -2.35. The van der Waals surface area contributed by atoms with E-state index in [1.165, 1.54) is 6.20 Å². The number of morpholine rings is 1. The van der Waals surface area contributed by atoms with E-state index in [0.29, 0.717) is 17.1 Å². The largest absolute Gasteiger partial charge is 0.397 e. The van der Waals surface area contributed by atoms with Crippen molar-refractivity contribution in [2.75, 3.05) is 31.6 Å². The molecule has 1 aliphatic rings. The number of aromatic amines is 1. The number of aliphatic imine (C=N–C) groups is 1. The van der Waals surface area contributed by atoms with E-state index in [-0.39, 0.29) is 5.91 Å². The lowest BCUT2D eigenvalue weighted by atomic mass is 10.0. The molecule has 4 N–H and O–H groups in total. The molecule has 9 heteroatoms. The number of allylic oxidation sites excluding steroid dienone is 2. The lowest BCUT2D eigenvalue weighted by molar-refractivity contribution is 0.0336. The molecule has 0 aliphatic carbocycles. The van der Waals surface area contributed by atoms with Crippen LogP contribution in [0.25, 0.3) is 16.5 Å². The number of fused-ring (bicyclic) bond motifs is 1. The molecule has 0 bridgehead atoms. The van der Waals surface area contributed by atoms with Crippen molar-refractivity contribution in [1.82, 2.24) is 20.1 Å². The van der Waals surface area contributed by atoms with Crippen molar-refractivity contribution in [1.29, 1.82) is 0 Å². The second-order valence-corrected chi connectivity index (χ2v) is 7.85. The molecule has 4 rings (SSSR count). The fourth-order valence-corrected chi connectivity index (χ4v) is 3.68. The number of pyridine rings is 1. The van der Waals surface area contributed by atoms with Crippen molar-refractivity contribution in [2.24, 2.45) is 10.7 Å². The average Bonchev–Trinajstić information content (AvgIpc) is 3.24. The smallest absolute Gasteiger partial charge is 0.276 e. The van der Waals surface area contributed by atoms with Crippen LogP contribution in [-0.2, 0) is 11.3 Å². The van der Waals surface area contributed by atoms with Gasteiger partial charge in [0.15, 0.2) is 5.69 Å². The summed E-state index contributed by atoms with van der Waals surface area (Å²) in [7, 11) is 0. The maximum absolute atomic E-state index is 12.9. The molecule has 0 unspecified atom stereocenters. The number of carbonyl (C=O) groups excluding carboxylic acids is 1. The molecule has 33 heavy (non-hydrogen) atoms. The number of nitrogens with two attached hydrogens (primary N) is 1. The highest BCUT2D eigenvalue weighted by molar-refractivity contribution is 6.11. The Morgan fingerprint density at radius 2 is 2.15 bits per heavy atom. The summed E-state index contributed by atoms with van der Waals surface area (Å²) in [5, 5.41) is 10.7. The number of rotatable bonds is 7. The molecule has 3 heterocycles. The summed E-state index contributed by atoms with van der Waals surface area (Å²) >= 11 is 0. The fraction of sp³-hybridized carbons (Fsp3) is 0.250. The SMILES string of the molecule is C=N/C=C(N)\C=C(/C)c1ccc2[nH]nc(C(=O)Nc3ccc(CN4CCOCC4)nc3)c2c1. The van der Waals surface area contributed by atoms with Crippen LogP contribution in [0.1, 0.15) is 28.7 Å². The third-order valence-electron chi connectivity index (χ3n) is 5.43. The molecule has 1 aliphatic heterocycles. The number of nitrogens with zero attached hydrogens (tertiary/aromatic N) is 4. The van der Waals surface area contributed by atoms with Gasteiger partial charge in [-0.1, -0.05) is 6.07 Å². The summed E-state index contributed by atoms with van der Waals surface area (Å²) in [4.78, 5) is 23.4. The molecule has 2 aromatic heterocycles. The van der Waals surface area contributed by atoms with Crippen LogP contribution in [-0.4, -0.2) is 59.0 Å². The summed E-state index contributed by atoms with van der Waals surface area (Å²) in [5.41, 5.74) is 10.9. The number of carbonyl (C=O) groups is 1. The van der Waals surface area contributed by atoms with Gasteiger partial charge in [-0.3, -0.25) is 24.8 Å². The van der Waals surface area contributed by atoms with Crippen molar-refractivity contribution in [3.8, 4) is 0 Å². The first-order chi connectivity index (χ1) is 16.0. The van der Waals surface area contributed by atoms with Gasteiger partial charge >= 0.3 is 0 Å². The Hall–Kier alpha value is -3.82. The molecule has 1 amide bonds. The normalized spacial score (nSPS) is 15.5. The maximum atomic E-state index is 12.9. The summed E-state index contributed by atoms with van der Waals surface area (Å²) in [6.07, 6.45) is 4.96. The number of ether oxygens (including phenoxy) is 1. The first kappa shape index (κ1) is 22.4. The van der Waals surface area contributed by atoms with Crippen molar-refractivity contribution in [3.05, 3.63) is 71.5 Å². The molecule has 1 aromatic carbocycles. The highest BCUT2D eigenvalue weighted by atomic mass is 16.5. The van der Waals surface area contributed by atoms with Gasteiger partial charge < -0.3 is 15.8 Å². The van der Waals surface area contributed by atoms with Gasteiger partial charge in [0, 0.05) is 31.2 Å². The maximum Gasteiger partial charge on any atom is 0.276 e. The summed E-state index contributed by atoms with van der Waals surface area (Å²) in [6, 6.07) is 9.53. The van der Waals surface area contributed by atoms with Gasteiger partial charge in [-0.05, 0) is 55.1 Å². The number of hydrogen-bond donors (Lipinski definition) is 3. The van der Waals surface area contributed by atoms with Gasteiger partial charge in [-0.25, -0.2) is 0 Å². The van der Waals surface area contributed by atoms with Crippen LogP contribution >= 0.6 is 0 Å². The molecule has 0 radical (unpaired) electrons. The van der Waals surface area contributed by atoms with Crippen molar-refractivity contribution in [2.45, 2.75) is 13.5 Å². The molecule has 0 saturated carbocycles. The number of anilines is 1. The van der Waals surface area contributed by atoms with Gasteiger partial charge in [0.05, 0.1) is 42.0 Å². The minimum Gasteiger partial charge on any atom is -0.397 e. The van der Waals surface area contributed by atoms with Gasteiger partial charge in [-0.2, -0.15) is 5.10 Å². The standard InChI is InChI=1S/C24H27N7O2/c1-16(11-18(25)13-26-2)17-3-6-22-21(12-17)23(30-29-22)24(32)28-19-4-5-20(27-14-19)15-31-7-9-33-10-8-31/h3-6,11-14H,2,7-10,15,25H2,1H3,(H,28,32)(H,29,30)/b16-11+,18-13+. The number of benzene rings is 1. The van der Waals surface area contributed by atoms with Crippen LogP contribution in [0.2, 0.25) is 0 Å². The second kappa shape index (κ2) is 10.2. The summed E-state index contributed by atoms with van der Waals surface area (Å²) in [5.74, 6) is -0.307. The van der Waals surface area contributed by atoms with Gasteiger partial charge in [0.1, 0.15) is 0 Å². The first-order valence-corrected chi connectivity index (χ1v) is 10.7. The van der Waals surface area contributed by atoms with Crippen molar-refractivity contribution < 1.29 is 9.53 Å². The molecule has 1 saturated heterocycles. The van der Waals surface area contributed by atoms with Crippen molar-refractivity contribution in [3.63, 3.8) is 0 Å². The zero-order valence-electron chi connectivity index (χ0n) is 18.5. The number of H-pyrrole nitrogens is 1. The number of amides is 1. The van der Waals surface area contributed by atoms with E-state index in [1.807, 2.05) is 37.3 Å². The number of nitrogens with one attached hydrogen (secondary N) is 2. The van der Waals surface area contributed by atoms with Crippen molar-refractivity contribution >= 4 is 34.8 Å². The average molecular weight is 446 g/mol. The van der Waals surface area contributed by atoms with E-state index in [0.717, 1.165) is 60.6 Å². The van der Waals surface area contributed by atoms with E-state index in [4.69, 9.17) is 10.5 Å². The van der Waals surface area contributed by atoms with Gasteiger partial charge in [0.2, 0.25) is 0 Å². The van der Waals surface area contributed by atoms with Crippen LogP contribution < -0.4 is 11.1 Å². The number of aromatic nitrogens is 3.